The van der Waals surface area contributed by atoms with Gasteiger partial charge in [0.1, 0.15) is 0 Å². The second-order valence-corrected chi connectivity index (χ2v) is 6.26. The Morgan fingerprint density at radius 1 is 1.42 bits per heavy atom. The van der Waals surface area contributed by atoms with Crippen molar-refractivity contribution in [3.63, 3.8) is 0 Å². The van der Waals surface area contributed by atoms with E-state index in [1.54, 1.807) is 11.9 Å². The molecule has 4 heteroatoms. The summed E-state index contributed by atoms with van der Waals surface area (Å²) in [6, 6.07) is 5.62. The monoisotopic (exact) mass is 324 g/mol. The van der Waals surface area contributed by atoms with Crippen LogP contribution in [0.3, 0.4) is 0 Å². The average Bonchev–Trinajstić information content (AvgIpc) is 2.88. The predicted molar refractivity (Wildman–Crippen MR) is 83.2 cm³/mol. The summed E-state index contributed by atoms with van der Waals surface area (Å²) in [6.45, 7) is 0. The molecule has 1 amide bonds. The lowest BCUT2D eigenvalue weighted by atomic mass is 10.0. The molecule has 0 aliphatic heterocycles. The summed E-state index contributed by atoms with van der Waals surface area (Å²) in [4.78, 5) is 13.9. The quantitative estimate of drug-likeness (QED) is 0.852. The molecule has 1 aliphatic carbocycles. The van der Waals surface area contributed by atoms with E-state index < -0.39 is 0 Å². The number of anilines is 2. The van der Waals surface area contributed by atoms with Gasteiger partial charge in [0.25, 0.3) is 0 Å². The van der Waals surface area contributed by atoms with Gasteiger partial charge < -0.3 is 10.6 Å². The van der Waals surface area contributed by atoms with Crippen LogP contribution in [-0.2, 0) is 4.79 Å². The minimum atomic E-state index is 0.154. The van der Waals surface area contributed by atoms with E-state index in [9.17, 15) is 4.79 Å². The highest BCUT2D eigenvalue weighted by atomic mass is 79.9. The number of halogens is 1. The second kappa shape index (κ2) is 6.42. The first-order valence-electron chi connectivity index (χ1n) is 6.89. The van der Waals surface area contributed by atoms with Crippen LogP contribution in [0, 0.1) is 5.92 Å². The zero-order chi connectivity index (χ0) is 13.8. The number of rotatable bonds is 4. The summed E-state index contributed by atoms with van der Waals surface area (Å²) >= 11 is 3.37. The molecule has 0 aromatic heterocycles. The molecule has 0 spiro atoms. The Morgan fingerprint density at radius 3 is 2.74 bits per heavy atom. The summed E-state index contributed by atoms with van der Waals surface area (Å²) < 4.78 is 0.931. The maximum atomic E-state index is 12.2. The number of nitrogens with two attached hydrogens (primary N) is 1. The lowest BCUT2D eigenvalue weighted by Crippen LogP contribution is -2.27. The predicted octanol–water partition coefficient (Wildman–Crippen LogP) is 3.96. The van der Waals surface area contributed by atoms with E-state index in [2.05, 4.69) is 15.9 Å². The lowest BCUT2D eigenvalue weighted by molar-refractivity contribution is -0.118. The molecule has 0 unspecified atom stereocenters. The Balaban J connectivity index is 1.94. The van der Waals surface area contributed by atoms with Crippen molar-refractivity contribution in [2.75, 3.05) is 17.7 Å². The maximum Gasteiger partial charge on any atom is 0.226 e. The highest BCUT2D eigenvalue weighted by molar-refractivity contribution is 9.10. The summed E-state index contributed by atoms with van der Waals surface area (Å²) in [6.07, 6.45) is 6.87. The Bertz CT molecular complexity index is 455. The van der Waals surface area contributed by atoms with Gasteiger partial charge >= 0.3 is 0 Å². The van der Waals surface area contributed by atoms with Crippen molar-refractivity contribution in [3.05, 3.63) is 22.7 Å². The number of hydrogen-bond donors (Lipinski definition) is 1. The van der Waals surface area contributed by atoms with E-state index in [1.165, 1.54) is 25.7 Å². The third kappa shape index (κ3) is 3.72. The van der Waals surface area contributed by atoms with Gasteiger partial charge in [-0.3, -0.25) is 4.79 Å². The molecule has 1 saturated carbocycles. The Kier molecular flexibility index (Phi) is 4.86. The van der Waals surface area contributed by atoms with Crippen molar-refractivity contribution < 1.29 is 4.79 Å². The fraction of sp³-hybridized carbons (Fsp3) is 0.533. The van der Waals surface area contributed by atoms with Gasteiger partial charge in [-0.2, -0.15) is 0 Å². The molecule has 1 fully saturated rings. The van der Waals surface area contributed by atoms with Gasteiger partial charge in [0.2, 0.25) is 5.91 Å². The number of nitrogen functional groups attached to an aromatic ring is 1. The molecule has 1 aromatic carbocycles. The van der Waals surface area contributed by atoms with Crippen molar-refractivity contribution in [1.82, 2.24) is 0 Å². The molecule has 1 aromatic rings. The summed E-state index contributed by atoms with van der Waals surface area (Å²) in [5.41, 5.74) is 7.38. The zero-order valence-corrected chi connectivity index (χ0v) is 12.9. The minimum Gasteiger partial charge on any atom is -0.397 e. The Hall–Kier alpha value is -1.03. The topological polar surface area (TPSA) is 46.3 Å². The Labute approximate surface area is 123 Å². The highest BCUT2D eigenvalue weighted by Crippen LogP contribution is 2.30. The third-order valence-electron chi connectivity index (χ3n) is 3.97. The van der Waals surface area contributed by atoms with Crippen molar-refractivity contribution >= 4 is 33.2 Å². The van der Waals surface area contributed by atoms with Crippen LogP contribution < -0.4 is 10.6 Å². The van der Waals surface area contributed by atoms with Gasteiger partial charge in [-0.15, -0.1) is 0 Å². The molecule has 3 nitrogen and oxygen atoms in total. The average molecular weight is 325 g/mol. The van der Waals surface area contributed by atoms with E-state index in [0.29, 0.717) is 12.1 Å². The van der Waals surface area contributed by atoms with Crippen LogP contribution in [0.15, 0.2) is 22.7 Å². The standard InChI is InChI=1S/C15H21BrN2O/c1-18(14-8-7-12(16)10-13(14)17)15(19)9-6-11-4-2-3-5-11/h7-8,10-11H,2-6,9,17H2,1H3. The first-order chi connectivity index (χ1) is 9.08. The molecule has 0 heterocycles. The number of carbonyl (C=O) groups excluding carboxylic acids is 1. The van der Waals surface area contributed by atoms with E-state index in [1.807, 2.05) is 18.2 Å². The molecular weight excluding hydrogens is 304 g/mol. The van der Waals surface area contributed by atoms with Crippen molar-refractivity contribution in [2.45, 2.75) is 38.5 Å². The Morgan fingerprint density at radius 2 is 2.11 bits per heavy atom. The largest absolute Gasteiger partial charge is 0.397 e. The van der Waals surface area contributed by atoms with E-state index in [4.69, 9.17) is 5.73 Å². The van der Waals surface area contributed by atoms with Crippen molar-refractivity contribution in [1.29, 1.82) is 0 Å². The van der Waals surface area contributed by atoms with Crippen LogP contribution in [0.2, 0.25) is 0 Å². The van der Waals surface area contributed by atoms with Crippen LogP contribution in [0.25, 0.3) is 0 Å². The third-order valence-corrected chi connectivity index (χ3v) is 4.46. The van der Waals surface area contributed by atoms with Gasteiger partial charge in [0.05, 0.1) is 11.4 Å². The molecule has 0 bridgehead atoms. The van der Waals surface area contributed by atoms with E-state index >= 15 is 0 Å². The van der Waals surface area contributed by atoms with Crippen LogP contribution in [0.1, 0.15) is 38.5 Å². The second-order valence-electron chi connectivity index (χ2n) is 5.35. The van der Waals surface area contributed by atoms with Gasteiger partial charge in [0, 0.05) is 17.9 Å². The number of hydrogen-bond acceptors (Lipinski definition) is 2. The smallest absolute Gasteiger partial charge is 0.226 e. The van der Waals surface area contributed by atoms with Crippen molar-refractivity contribution in [2.24, 2.45) is 5.92 Å². The summed E-state index contributed by atoms with van der Waals surface area (Å²) in [7, 11) is 1.80. The van der Waals surface area contributed by atoms with Gasteiger partial charge in [-0.05, 0) is 30.5 Å². The maximum absolute atomic E-state index is 12.2. The minimum absolute atomic E-state index is 0.154. The molecular formula is C15H21BrN2O. The molecule has 2 rings (SSSR count). The summed E-state index contributed by atoms with van der Waals surface area (Å²) in [5.74, 6) is 0.903. The van der Waals surface area contributed by atoms with Gasteiger partial charge in [-0.25, -0.2) is 0 Å². The van der Waals surface area contributed by atoms with E-state index in [0.717, 1.165) is 22.5 Å². The zero-order valence-electron chi connectivity index (χ0n) is 11.4. The fourth-order valence-corrected chi connectivity index (χ4v) is 3.14. The molecule has 0 radical (unpaired) electrons. The molecule has 19 heavy (non-hydrogen) atoms. The molecule has 104 valence electrons. The van der Waals surface area contributed by atoms with Crippen LogP contribution in [0.5, 0.6) is 0 Å². The molecule has 2 N–H and O–H groups in total. The number of benzene rings is 1. The highest BCUT2D eigenvalue weighted by Gasteiger charge is 2.19. The van der Waals surface area contributed by atoms with Crippen molar-refractivity contribution in [3.8, 4) is 0 Å². The SMILES string of the molecule is CN(C(=O)CCC1CCCC1)c1ccc(Br)cc1N. The fourth-order valence-electron chi connectivity index (χ4n) is 2.76. The molecule has 0 atom stereocenters. The first-order valence-corrected chi connectivity index (χ1v) is 7.69. The lowest BCUT2D eigenvalue weighted by Gasteiger charge is -2.20. The molecule has 0 saturated heterocycles. The first kappa shape index (κ1) is 14.4. The normalized spacial score (nSPS) is 15.7. The number of nitrogens with zero attached hydrogens (tertiary/aromatic N) is 1. The van der Waals surface area contributed by atoms with Gasteiger partial charge in [-0.1, -0.05) is 41.6 Å². The van der Waals surface area contributed by atoms with E-state index in [-0.39, 0.29) is 5.91 Å². The molecule has 1 aliphatic rings. The van der Waals surface area contributed by atoms with Crippen LogP contribution >= 0.6 is 15.9 Å². The summed E-state index contributed by atoms with van der Waals surface area (Å²) in [5, 5.41) is 0. The van der Waals surface area contributed by atoms with Crippen LogP contribution in [-0.4, -0.2) is 13.0 Å². The van der Waals surface area contributed by atoms with Crippen LogP contribution in [0.4, 0.5) is 11.4 Å². The van der Waals surface area contributed by atoms with Gasteiger partial charge in [0.15, 0.2) is 0 Å². The number of amides is 1. The number of carbonyl (C=O) groups is 1.